The lowest BCUT2D eigenvalue weighted by atomic mass is 10.1. The zero-order valence-electron chi connectivity index (χ0n) is 10.8. The first-order chi connectivity index (χ1) is 9.10. The number of hydrogen-bond acceptors (Lipinski definition) is 3. The van der Waals surface area contributed by atoms with Gasteiger partial charge in [-0.15, -0.1) is 0 Å². The highest BCUT2D eigenvalue weighted by atomic mass is 16.5. The molecule has 0 amide bonds. The fourth-order valence-corrected chi connectivity index (χ4v) is 1.74. The Morgan fingerprint density at radius 3 is 2.68 bits per heavy atom. The molecule has 0 unspecified atom stereocenters. The zero-order valence-corrected chi connectivity index (χ0v) is 10.8. The summed E-state index contributed by atoms with van der Waals surface area (Å²) in [5, 5.41) is 8.73. The van der Waals surface area contributed by atoms with Gasteiger partial charge < -0.3 is 9.72 Å². The SMILES string of the molecule is CC(C)Oc1cccc(-c2ccc(C#N)c(=O)[nH]2)c1. The summed E-state index contributed by atoms with van der Waals surface area (Å²) < 4.78 is 5.61. The van der Waals surface area contributed by atoms with Crippen LogP contribution in [0.2, 0.25) is 0 Å². The second kappa shape index (κ2) is 5.40. The van der Waals surface area contributed by atoms with Crippen LogP contribution in [0.1, 0.15) is 19.4 Å². The van der Waals surface area contributed by atoms with Gasteiger partial charge in [0.1, 0.15) is 17.4 Å². The average molecular weight is 254 g/mol. The fourth-order valence-electron chi connectivity index (χ4n) is 1.74. The molecule has 0 aliphatic carbocycles. The van der Waals surface area contributed by atoms with Gasteiger partial charge in [-0.25, -0.2) is 0 Å². The van der Waals surface area contributed by atoms with Crippen molar-refractivity contribution in [1.29, 1.82) is 5.26 Å². The van der Waals surface area contributed by atoms with Crippen LogP contribution >= 0.6 is 0 Å². The summed E-state index contributed by atoms with van der Waals surface area (Å²) in [5.74, 6) is 0.748. The number of benzene rings is 1. The summed E-state index contributed by atoms with van der Waals surface area (Å²) in [7, 11) is 0. The Labute approximate surface area is 111 Å². The first-order valence-electron chi connectivity index (χ1n) is 6.00. The molecule has 0 atom stereocenters. The van der Waals surface area contributed by atoms with Crippen LogP contribution in [0.4, 0.5) is 0 Å². The second-order valence-corrected chi connectivity index (χ2v) is 4.42. The number of hydrogen-bond donors (Lipinski definition) is 1. The normalized spacial score (nSPS) is 10.2. The summed E-state index contributed by atoms with van der Waals surface area (Å²) in [6, 6.07) is 12.5. The molecule has 0 radical (unpaired) electrons. The molecule has 0 bridgehead atoms. The van der Waals surface area contributed by atoms with E-state index in [0.717, 1.165) is 11.3 Å². The molecule has 0 fully saturated rings. The Morgan fingerprint density at radius 1 is 1.26 bits per heavy atom. The van der Waals surface area contributed by atoms with Crippen LogP contribution in [0.5, 0.6) is 5.75 Å². The van der Waals surface area contributed by atoms with Gasteiger partial charge in [-0.05, 0) is 38.1 Å². The summed E-state index contributed by atoms with van der Waals surface area (Å²) in [6.07, 6.45) is 0.0928. The Balaban J connectivity index is 2.39. The number of nitrogens with zero attached hydrogens (tertiary/aromatic N) is 1. The molecule has 2 aromatic rings. The monoisotopic (exact) mass is 254 g/mol. The number of aromatic amines is 1. The number of pyridine rings is 1. The highest BCUT2D eigenvalue weighted by Crippen LogP contribution is 2.22. The molecule has 0 aliphatic rings. The van der Waals surface area contributed by atoms with Gasteiger partial charge in [0, 0.05) is 11.3 Å². The van der Waals surface area contributed by atoms with Crippen molar-refractivity contribution in [1.82, 2.24) is 4.98 Å². The van der Waals surface area contributed by atoms with Crippen molar-refractivity contribution in [3.8, 4) is 23.1 Å². The molecule has 2 rings (SSSR count). The Kier molecular flexibility index (Phi) is 3.67. The number of nitrogens with one attached hydrogen (secondary N) is 1. The van der Waals surface area contributed by atoms with Crippen molar-refractivity contribution in [3.63, 3.8) is 0 Å². The van der Waals surface area contributed by atoms with Gasteiger partial charge in [-0.3, -0.25) is 4.79 Å². The van der Waals surface area contributed by atoms with Crippen molar-refractivity contribution in [2.75, 3.05) is 0 Å². The minimum Gasteiger partial charge on any atom is -0.491 e. The van der Waals surface area contributed by atoms with Gasteiger partial charge in [0.15, 0.2) is 0 Å². The molecule has 0 aliphatic heterocycles. The van der Waals surface area contributed by atoms with Crippen LogP contribution in [0.15, 0.2) is 41.2 Å². The van der Waals surface area contributed by atoms with E-state index in [1.165, 1.54) is 6.07 Å². The predicted molar refractivity (Wildman–Crippen MR) is 73.0 cm³/mol. The lowest BCUT2D eigenvalue weighted by Gasteiger charge is -2.10. The number of ether oxygens (including phenoxy) is 1. The van der Waals surface area contributed by atoms with E-state index in [2.05, 4.69) is 4.98 Å². The van der Waals surface area contributed by atoms with Crippen molar-refractivity contribution in [3.05, 3.63) is 52.3 Å². The van der Waals surface area contributed by atoms with E-state index in [1.807, 2.05) is 44.2 Å². The summed E-state index contributed by atoms with van der Waals surface area (Å²) in [5.41, 5.74) is 1.24. The maximum atomic E-state index is 11.6. The van der Waals surface area contributed by atoms with Gasteiger partial charge in [0.05, 0.1) is 6.10 Å². The molecule has 1 aromatic carbocycles. The van der Waals surface area contributed by atoms with Crippen molar-refractivity contribution in [2.45, 2.75) is 20.0 Å². The van der Waals surface area contributed by atoms with Gasteiger partial charge in [0.2, 0.25) is 0 Å². The molecule has 0 saturated carbocycles. The van der Waals surface area contributed by atoms with E-state index >= 15 is 0 Å². The van der Waals surface area contributed by atoms with E-state index in [0.29, 0.717) is 5.69 Å². The molecule has 1 heterocycles. The topological polar surface area (TPSA) is 65.9 Å². The lowest BCUT2D eigenvalue weighted by Crippen LogP contribution is -2.10. The number of nitriles is 1. The minimum absolute atomic E-state index is 0.0928. The molecule has 1 N–H and O–H groups in total. The van der Waals surface area contributed by atoms with Crippen LogP contribution in [0.25, 0.3) is 11.3 Å². The van der Waals surface area contributed by atoms with Crippen molar-refractivity contribution < 1.29 is 4.74 Å². The largest absolute Gasteiger partial charge is 0.491 e. The summed E-state index contributed by atoms with van der Waals surface area (Å²) >= 11 is 0. The molecular formula is C15H14N2O2. The number of aromatic nitrogens is 1. The van der Waals surface area contributed by atoms with Crippen molar-refractivity contribution in [2.24, 2.45) is 0 Å². The predicted octanol–water partition coefficient (Wildman–Crippen LogP) is 2.70. The molecular weight excluding hydrogens is 240 g/mol. The van der Waals surface area contributed by atoms with E-state index in [-0.39, 0.29) is 17.2 Å². The van der Waals surface area contributed by atoms with E-state index in [1.54, 1.807) is 6.07 Å². The van der Waals surface area contributed by atoms with Crippen LogP contribution in [-0.4, -0.2) is 11.1 Å². The highest BCUT2D eigenvalue weighted by Gasteiger charge is 2.04. The molecule has 4 nitrogen and oxygen atoms in total. The first-order valence-corrected chi connectivity index (χ1v) is 6.00. The van der Waals surface area contributed by atoms with Gasteiger partial charge in [-0.1, -0.05) is 12.1 Å². The maximum Gasteiger partial charge on any atom is 0.266 e. The number of H-pyrrole nitrogens is 1. The minimum atomic E-state index is -0.379. The van der Waals surface area contributed by atoms with E-state index in [4.69, 9.17) is 10.00 Å². The quantitative estimate of drug-likeness (QED) is 0.915. The molecule has 19 heavy (non-hydrogen) atoms. The van der Waals surface area contributed by atoms with Crippen molar-refractivity contribution >= 4 is 0 Å². The van der Waals surface area contributed by atoms with Crippen LogP contribution in [-0.2, 0) is 0 Å². The standard InChI is InChI=1S/C15H14N2O2/c1-10(2)19-13-5-3-4-11(8-13)14-7-6-12(9-16)15(18)17-14/h3-8,10H,1-2H3,(H,17,18). The van der Waals surface area contributed by atoms with Gasteiger partial charge in [-0.2, -0.15) is 5.26 Å². The van der Waals surface area contributed by atoms with Crippen LogP contribution < -0.4 is 10.3 Å². The van der Waals surface area contributed by atoms with Crippen LogP contribution in [0, 0.1) is 11.3 Å². The van der Waals surface area contributed by atoms with E-state index in [9.17, 15) is 4.79 Å². The summed E-state index contributed by atoms with van der Waals surface area (Å²) in [4.78, 5) is 14.3. The maximum absolute atomic E-state index is 11.6. The van der Waals surface area contributed by atoms with Gasteiger partial charge in [0.25, 0.3) is 5.56 Å². The average Bonchev–Trinajstić information content (AvgIpc) is 2.38. The molecule has 0 spiro atoms. The molecule has 0 saturated heterocycles. The zero-order chi connectivity index (χ0) is 13.8. The smallest absolute Gasteiger partial charge is 0.266 e. The fraction of sp³-hybridized carbons (Fsp3) is 0.200. The Morgan fingerprint density at radius 2 is 2.05 bits per heavy atom. The third-order valence-electron chi connectivity index (χ3n) is 2.55. The molecule has 1 aromatic heterocycles. The lowest BCUT2D eigenvalue weighted by molar-refractivity contribution is 0.242. The highest BCUT2D eigenvalue weighted by molar-refractivity contribution is 5.61. The number of rotatable bonds is 3. The Bertz CT molecular complexity index is 681. The Hall–Kier alpha value is -2.54. The molecule has 96 valence electrons. The van der Waals surface area contributed by atoms with E-state index < -0.39 is 0 Å². The third kappa shape index (κ3) is 3.02. The first kappa shape index (κ1) is 12.9. The summed E-state index contributed by atoms with van der Waals surface area (Å²) in [6.45, 7) is 3.91. The van der Waals surface area contributed by atoms with Crippen LogP contribution in [0.3, 0.4) is 0 Å². The molecule has 4 heteroatoms. The van der Waals surface area contributed by atoms with Gasteiger partial charge >= 0.3 is 0 Å². The second-order valence-electron chi connectivity index (χ2n) is 4.42. The third-order valence-corrected chi connectivity index (χ3v) is 2.55.